The summed E-state index contributed by atoms with van der Waals surface area (Å²) in [7, 11) is 0. The van der Waals surface area contributed by atoms with Gasteiger partial charge in [0.1, 0.15) is 0 Å². The summed E-state index contributed by atoms with van der Waals surface area (Å²) in [6, 6.07) is 0. The Bertz CT molecular complexity index is 1070. The molecule has 0 aliphatic heterocycles. The van der Waals surface area contributed by atoms with Crippen LogP contribution in [-0.4, -0.2) is 30.6 Å². The van der Waals surface area contributed by atoms with Crippen LogP contribution in [0.4, 0.5) is 0 Å². The molecule has 0 aliphatic rings. The lowest BCUT2D eigenvalue weighted by molar-refractivity contribution is 0.524. The topological polar surface area (TPSA) is 86.0 Å². The Kier molecular flexibility index (Phi) is 7.71. The van der Waals surface area contributed by atoms with E-state index in [2.05, 4.69) is 140 Å². The van der Waals surface area contributed by atoms with E-state index >= 15 is 0 Å². The minimum absolute atomic E-state index is 0.119. The minimum atomic E-state index is -0.172. The number of hydrogen-bond acceptors (Lipinski definition) is 3. The first-order valence-electron chi connectivity index (χ1n) is 15.0. The fourth-order valence-corrected chi connectivity index (χ4v) is 5.76. The lowest BCUT2D eigenvalue weighted by Gasteiger charge is -2.34. The zero-order valence-corrected chi connectivity index (χ0v) is 28.9. The summed E-state index contributed by atoms with van der Waals surface area (Å²) in [6.07, 6.45) is 0. The van der Waals surface area contributed by atoms with Gasteiger partial charge in [0.25, 0.3) is 0 Å². The van der Waals surface area contributed by atoms with Crippen LogP contribution in [0.15, 0.2) is 0 Å². The second-order valence-electron chi connectivity index (χ2n) is 18.0. The van der Waals surface area contributed by atoms with Crippen LogP contribution in [0, 0.1) is 0 Å². The summed E-state index contributed by atoms with van der Waals surface area (Å²) < 4.78 is 0. The third kappa shape index (κ3) is 5.97. The maximum atomic E-state index is 5.08. The Hall–Kier alpha value is -2.37. The van der Waals surface area contributed by atoms with Crippen molar-refractivity contribution < 1.29 is 0 Å². The standard InChI is InChI=1S/C34H58N6/c1-29(2,3)23-20(24(36-35-23)30(4,5)6)19(21-25(31(7,8)9)37-38-26(21)32(10,11)12)22-27(33(13,14)15)39-40-28(22)34(16,17)18/h19H,1-18H3,(H,35,36)(H,37,38)(H,39,40). The Morgan fingerprint density at radius 3 is 0.700 bits per heavy atom. The molecule has 3 rings (SSSR count). The molecule has 3 N–H and O–H groups in total. The van der Waals surface area contributed by atoms with Gasteiger partial charge in [-0.05, 0) is 0 Å². The van der Waals surface area contributed by atoms with Crippen LogP contribution in [0.1, 0.15) is 181 Å². The molecule has 0 spiro atoms. The SMILES string of the molecule is CC(C)(C)c1n[nH]c(C(C)(C)C)c1C(c1c(C(C)(C)C)n[nH]c1C(C)(C)C)c1c(C(C)(C)C)n[nH]c1C(C)(C)C. The number of nitrogens with zero attached hydrogens (tertiary/aromatic N) is 3. The number of aromatic nitrogens is 6. The van der Waals surface area contributed by atoms with Gasteiger partial charge in [0.05, 0.1) is 17.1 Å². The molecule has 3 aromatic heterocycles. The van der Waals surface area contributed by atoms with E-state index in [9.17, 15) is 0 Å². The van der Waals surface area contributed by atoms with Gasteiger partial charge in [0, 0.05) is 72.2 Å². The van der Waals surface area contributed by atoms with Gasteiger partial charge < -0.3 is 0 Å². The third-order valence-electron chi connectivity index (χ3n) is 7.66. The second-order valence-corrected chi connectivity index (χ2v) is 18.0. The van der Waals surface area contributed by atoms with Crippen molar-refractivity contribution in [3.63, 3.8) is 0 Å². The molecule has 0 saturated heterocycles. The number of nitrogens with one attached hydrogen (secondary N) is 3. The molecule has 6 heteroatoms. The van der Waals surface area contributed by atoms with E-state index in [1.54, 1.807) is 0 Å². The maximum Gasteiger partial charge on any atom is 0.0720 e. The first kappa shape index (κ1) is 32.1. The van der Waals surface area contributed by atoms with Gasteiger partial charge in [-0.2, -0.15) is 15.3 Å². The lowest BCUT2D eigenvalue weighted by atomic mass is 9.67. The van der Waals surface area contributed by atoms with Gasteiger partial charge in [-0.1, -0.05) is 125 Å². The zero-order valence-electron chi connectivity index (χ0n) is 28.9. The smallest absolute Gasteiger partial charge is 0.0720 e. The van der Waals surface area contributed by atoms with Crippen LogP contribution >= 0.6 is 0 Å². The first-order chi connectivity index (χ1) is 17.7. The predicted molar refractivity (Wildman–Crippen MR) is 169 cm³/mol. The molecule has 0 bridgehead atoms. The van der Waals surface area contributed by atoms with Crippen molar-refractivity contribution in [3.8, 4) is 0 Å². The summed E-state index contributed by atoms with van der Waals surface area (Å²) in [5, 5.41) is 25.9. The van der Waals surface area contributed by atoms with Crippen LogP contribution in [0.5, 0.6) is 0 Å². The van der Waals surface area contributed by atoms with Gasteiger partial charge in [0.2, 0.25) is 0 Å². The fourth-order valence-electron chi connectivity index (χ4n) is 5.76. The molecule has 6 nitrogen and oxygen atoms in total. The van der Waals surface area contributed by atoms with Crippen molar-refractivity contribution >= 4 is 0 Å². The van der Waals surface area contributed by atoms with E-state index in [1.807, 2.05) is 0 Å². The highest BCUT2D eigenvalue weighted by molar-refractivity contribution is 5.57. The molecule has 3 heterocycles. The summed E-state index contributed by atoms with van der Waals surface area (Å²) >= 11 is 0. The van der Waals surface area contributed by atoms with E-state index in [0.717, 1.165) is 17.1 Å². The lowest BCUT2D eigenvalue weighted by Crippen LogP contribution is -2.28. The van der Waals surface area contributed by atoms with E-state index in [4.69, 9.17) is 15.3 Å². The quantitative estimate of drug-likeness (QED) is 0.304. The molecule has 0 radical (unpaired) electrons. The summed E-state index contributed by atoms with van der Waals surface area (Å²) in [5.74, 6) is -0.119. The van der Waals surface area contributed by atoms with Gasteiger partial charge in [-0.3, -0.25) is 15.3 Å². The average molecular weight is 551 g/mol. The monoisotopic (exact) mass is 550 g/mol. The van der Waals surface area contributed by atoms with Crippen molar-refractivity contribution in [2.75, 3.05) is 0 Å². The maximum absolute atomic E-state index is 5.08. The fraction of sp³-hybridized carbons (Fsp3) is 0.735. The zero-order chi connectivity index (χ0) is 31.0. The van der Waals surface area contributed by atoms with Crippen LogP contribution in [0.3, 0.4) is 0 Å². The van der Waals surface area contributed by atoms with Crippen molar-refractivity contribution in [1.29, 1.82) is 0 Å². The van der Waals surface area contributed by atoms with Gasteiger partial charge >= 0.3 is 0 Å². The predicted octanol–water partition coefficient (Wildman–Crippen LogP) is 8.82. The molecule has 0 atom stereocenters. The first-order valence-corrected chi connectivity index (χ1v) is 15.0. The van der Waals surface area contributed by atoms with Gasteiger partial charge in [-0.25, -0.2) is 0 Å². The van der Waals surface area contributed by atoms with Crippen LogP contribution in [0.25, 0.3) is 0 Å². The molecule has 40 heavy (non-hydrogen) atoms. The normalized spacial score (nSPS) is 14.5. The van der Waals surface area contributed by atoms with Crippen molar-refractivity contribution in [3.05, 3.63) is 50.9 Å². The summed E-state index contributed by atoms with van der Waals surface area (Å²) in [6.45, 7) is 41.0. The van der Waals surface area contributed by atoms with Crippen molar-refractivity contribution in [2.24, 2.45) is 0 Å². The van der Waals surface area contributed by atoms with E-state index in [0.29, 0.717) is 0 Å². The highest BCUT2D eigenvalue weighted by atomic mass is 15.2. The average Bonchev–Trinajstić information content (AvgIpc) is 3.42. The number of rotatable bonds is 3. The minimum Gasteiger partial charge on any atom is -0.281 e. The van der Waals surface area contributed by atoms with E-state index in [-0.39, 0.29) is 38.4 Å². The highest BCUT2D eigenvalue weighted by Gasteiger charge is 2.44. The molecule has 3 aromatic rings. The number of aromatic amines is 3. The summed E-state index contributed by atoms with van der Waals surface area (Å²) in [5.41, 5.74) is 9.63. The molecule has 224 valence electrons. The number of hydrogen-bond donors (Lipinski definition) is 3. The Balaban J connectivity index is 2.76. The molecular weight excluding hydrogens is 492 g/mol. The van der Waals surface area contributed by atoms with Crippen molar-refractivity contribution in [1.82, 2.24) is 30.6 Å². The third-order valence-corrected chi connectivity index (χ3v) is 7.66. The highest BCUT2D eigenvalue weighted by Crippen LogP contribution is 2.51. The summed E-state index contributed by atoms with van der Waals surface area (Å²) in [4.78, 5) is 0. The van der Waals surface area contributed by atoms with Crippen LogP contribution in [-0.2, 0) is 32.5 Å². The van der Waals surface area contributed by atoms with Gasteiger partial charge in [0.15, 0.2) is 0 Å². The molecule has 0 aliphatic carbocycles. The molecule has 0 fully saturated rings. The molecule has 0 unspecified atom stereocenters. The van der Waals surface area contributed by atoms with Crippen LogP contribution in [0.2, 0.25) is 0 Å². The second kappa shape index (κ2) is 9.59. The number of H-pyrrole nitrogens is 3. The molecule has 0 saturated carbocycles. The van der Waals surface area contributed by atoms with Gasteiger partial charge in [-0.15, -0.1) is 0 Å². The Labute approximate surface area is 244 Å². The Morgan fingerprint density at radius 1 is 0.350 bits per heavy atom. The molecular formula is C34H58N6. The van der Waals surface area contributed by atoms with Crippen LogP contribution < -0.4 is 0 Å². The van der Waals surface area contributed by atoms with Crippen molar-refractivity contribution in [2.45, 2.75) is 163 Å². The molecule has 0 amide bonds. The Morgan fingerprint density at radius 2 is 0.550 bits per heavy atom. The van der Waals surface area contributed by atoms with E-state index < -0.39 is 0 Å². The van der Waals surface area contributed by atoms with E-state index in [1.165, 1.54) is 33.8 Å². The molecule has 0 aromatic carbocycles. The largest absolute Gasteiger partial charge is 0.281 e.